The molecule has 2 rings (SSSR count). The zero-order valence-corrected chi connectivity index (χ0v) is 10.3. The summed E-state index contributed by atoms with van der Waals surface area (Å²) in [4.78, 5) is 13.5. The third-order valence-corrected chi connectivity index (χ3v) is 4.56. The molecule has 0 aromatic rings. The largest absolute Gasteiger partial charge is 0.339 e. The Balaban J connectivity index is 1.82. The van der Waals surface area contributed by atoms with Crippen LogP contribution in [0.25, 0.3) is 0 Å². The molecule has 2 fully saturated rings. The lowest BCUT2D eigenvalue weighted by Gasteiger charge is -2.15. The Kier molecular flexibility index (Phi) is 3.21. The number of nitrogens with zero attached hydrogens (tertiary/aromatic N) is 1. The highest BCUT2D eigenvalue weighted by atomic mass is 32.2. The fraction of sp³-hybridized carbons (Fsp3) is 0.900. The van der Waals surface area contributed by atoms with E-state index in [-0.39, 0.29) is 17.6 Å². The van der Waals surface area contributed by atoms with Crippen molar-refractivity contribution in [1.29, 1.82) is 0 Å². The monoisotopic (exact) mass is 246 g/mol. The lowest BCUT2D eigenvalue weighted by Crippen LogP contribution is -2.32. The lowest BCUT2D eigenvalue weighted by molar-refractivity contribution is -0.128. The fourth-order valence-corrected chi connectivity index (χ4v) is 2.73. The van der Waals surface area contributed by atoms with Gasteiger partial charge in [0.1, 0.15) is 0 Å². The number of sulfonamides is 1. The number of amides is 1. The van der Waals surface area contributed by atoms with E-state index >= 15 is 0 Å². The highest BCUT2D eigenvalue weighted by Crippen LogP contribution is 2.32. The van der Waals surface area contributed by atoms with E-state index in [2.05, 4.69) is 4.72 Å². The molecule has 5 nitrogen and oxygen atoms in total. The van der Waals surface area contributed by atoms with Crippen molar-refractivity contribution >= 4 is 15.9 Å². The Morgan fingerprint density at radius 1 is 1.44 bits per heavy atom. The number of likely N-dealkylation sites (tertiary alicyclic amines) is 1. The van der Waals surface area contributed by atoms with Crippen LogP contribution < -0.4 is 4.72 Å². The molecule has 1 atom stereocenters. The molecule has 0 radical (unpaired) electrons. The Morgan fingerprint density at radius 3 is 2.69 bits per heavy atom. The predicted octanol–water partition coefficient (Wildman–Crippen LogP) is -0.0634. The molecule has 1 aliphatic heterocycles. The van der Waals surface area contributed by atoms with Gasteiger partial charge in [0.15, 0.2) is 0 Å². The van der Waals surface area contributed by atoms with Gasteiger partial charge in [-0.05, 0) is 25.7 Å². The standard InChI is InChI=1S/C10H18N2O3S/c1-2-16(14,15)11-6-8-5-10(13)12(7-8)9-3-4-9/h8-9,11H,2-7H2,1H3. The van der Waals surface area contributed by atoms with Crippen molar-refractivity contribution in [3.05, 3.63) is 0 Å². The molecule has 0 aromatic heterocycles. The highest BCUT2D eigenvalue weighted by Gasteiger charge is 2.39. The van der Waals surface area contributed by atoms with Gasteiger partial charge in [-0.15, -0.1) is 0 Å². The Bertz CT molecular complexity index is 376. The van der Waals surface area contributed by atoms with E-state index in [1.807, 2.05) is 4.90 Å². The van der Waals surface area contributed by atoms with E-state index in [1.165, 1.54) is 0 Å². The summed E-state index contributed by atoms with van der Waals surface area (Å²) in [5.41, 5.74) is 0. The minimum absolute atomic E-state index is 0.0972. The van der Waals surface area contributed by atoms with Gasteiger partial charge in [0.25, 0.3) is 0 Å². The molecule has 0 bridgehead atoms. The Morgan fingerprint density at radius 2 is 2.12 bits per heavy atom. The number of nitrogens with one attached hydrogen (secondary N) is 1. The normalized spacial score (nSPS) is 26.4. The van der Waals surface area contributed by atoms with E-state index in [9.17, 15) is 13.2 Å². The van der Waals surface area contributed by atoms with E-state index < -0.39 is 10.0 Å². The van der Waals surface area contributed by atoms with Crippen molar-refractivity contribution in [2.75, 3.05) is 18.8 Å². The first kappa shape index (κ1) is 11.9. The topological polar surface area (TPSA) is 66.5 Å². The zero-order valence-electron chi connectivity index (χ0n) is 9.48. The molecule has 2 aliphatic rings. The van der Waals surface area contributed by atoms with Crippen molar-refractivity contribution in [1.82, 2.24) is 9.62 Å². The average Bonchev–Trinajstić information content (AvgIpc) is 3.01. The highest BCUT2D eigenvalue weighted by molar-refractivity contribution is 7.89. The Labute approximate surface area is 96.2 Å². The third-order valence-electron chi connectivity index (χ3n) is 3.20. The number of hydrogen-bond acceptors (Lipinski definition) is 3. The summed E-state index contributed by atoms with van der Waals surface area (Å²) in [5, 5.41) is 0. The molecule has 1 unspecified atom stereocenters. The first-order chi connectivity index (χ1) is 7.52. The summed E-state index contributed by atoms with van der Waals surface area (Å²) >= 11 is 0. The molecular formula is C10H18N2O3S. The van der Waals surface area contributed by atoms with Gasteiger partial charge in [-0.25, -0.2) is 13.1 Å². The van der Waals surface area contributed by atoms with Crippen LogP contribution in [0, 0.1) is 5.92 Å². The van der Waals surface area contributed by atoms with Crippen molar-refractivity contribution in [3.8, 4) is 0 Å². The van der Waals surface area contributed by atoms with Crippen LogP contribution in [-0.4, -0.2) is 44.1 Å². The van der Waals surface area contributed by atoms with Gasteiger partial charge in [0.2, 0.25) is 15.9 Å². The SMILES string of the molecule is CCS(=O)(=O)NCC1CC(=O)N(C2CC2)C1. The number of hydrogen-bond donors (Lipinski definition) is 1. The minimum Gasteiger partial charge on any atom is -0.339 e. The second-order valence-electron chi connectivity index (χ2n) is 4.60. The summed E-state index contributed by atoms with van der Waals surface area (Å²) in [6, 6.07) is 0.445. The molecule has 1 N–H and O–H groups in total. The molecule has 0 spiro atoms. The smallest absolute Gasteiger partial charge is 0.223 e. The second kappa shape index (κ2) is 4.33. The number of carbonyl (C=O) groups excluding carboxylic acids is 1. The number of carbonyl (C=O) groups is 1. The molecule has 1 heterocycles. The Hall–Kier alpha value is -0.620. The zero-order chi connectivity index (χ0) is 11.8. The summed E-state index contributed by atoms with van der Waals surface area (Å²) in [6.07, 6.45) is 2.71. The van der Waals surface area contributed by atoms with E-state index in [1.54, 1.807) is 6.92 Å². The van der Waals surface area contributed by atoms with Gasteiger partial charge in [-0.2, -0.15) is 0 Å². The molecule has 92 valence electrons. The van der Waals surface area contributed by atoms with Gasteiger partial charge in [0, 0.05) is 25.6 Å². The van der Waals surface area contributed by atoms with Crippen LogP contribution in [0.3, 0.4) is 0 Å². The van der Waals surface area contributed by atoms with Gasteiger partial charge >= 0.3 is 0 Å². The van der Waals surface area contributed by atoms with Crippen molar-refractivity contribution < 1.29 is 13.2 Å². The summed E-state index contributed by atoms with van der Waals surface area (Å²) < 4.78 is 25.1. The maximum atomic E-state index is 11.6. The number of rotatable bonds is 5. The van der Waals surface area contributed by atoms with Crippen LogP contribution in [0.15, 0.2) is 0 Å². The van der Waals surface area contributed by atoms with Crippen molar-refractivity contribution in [3.63, 3.8) is 0 Å². The average molecular weight is 246 g/mol. The molecule has 16 heavy (non-hydrogen) atoms. The molecular weight excluding hydrogens is 228 g/mol. The quantitative estimate of drug-likeness (QED) is 0.739. The predicted molar refractivity (Wildman–Crippen MR) is 60.3 cm³/mol. The molecule has 0 aromatic carbocycles. The van der Waals surface area contributed by atoms with Crippen LogP contribution in [0.4, 0.5) is 0 Å². The van der Waals surface area contributed by atoms with Crippen LogP contribution in [0.1, 0.15) is 26.2 Å². The fourth-order valence-electron chi connectivity index (χ4n) is 2.03. The van der Waals surface area contributed by atoms with Gasteiger partial charge in [-0.3, -0.25) is 4.79 Å². The second-order valence-corrected chi connectivity index (χ2v) is 6.69. The summed E-state index contributed by atoms with van der Waals surface area (Å²) in [5.74, 6) is 0.428. The minimum atomic E-state index is -3.13. The maximum Gasteiger partial charge on any atom is 0.223 e. The van der Waals surface area contributed by atoms with Gasteiger partial charge in [0.05, 0.1) is 5.75 Å². The van der Waals surface area contributed by atoms with E-state index in [0.717, 1.165) is 19.4 Å². The van der Waals surface area contributed by atoms with Crippen molar-refractivity contribution in [2.24, 2.45) is 5.92 Å². The third kappa shape index (κ3) is 2.74. The van der Waals surface area contributed by atoms with Crippen LogP contribution >= 0.6 is 0 Å². The van der Waals surface area contributed by atoms with Gasteiger partial charge < -0.3 is 4.90 Å². The van der Waals surface area contributed by atoms with Crippen LogP contribution in [0.5, 0.6) is 0 Å². The summed E-state index contributed by atoms with van der Waals surface area (Å²) in [6.45, 7) is 2.72. The van der Waals surface area contributed by atoms with E-state index in [4.69, 9.17) is 0 Å². The van der Waals surface area contributed by atoms with Crippen LogP contribution in [0.2, 0.25) is 0 Å². The maximum absolute atomic E-state index is 11.6. The van der Waals surface area contributed by atoms with Crippen molar-refractivity contribution in [2.45, 2.75) is 32.2 Å². The molecule has 1 saturated carbocycles. The molecule has 1 aliphatic carbocycles. The lowest BCUT2D eigenvalue weighted by atomic mass is 10.1. The first-order valence-corrected chi connectivity index (χ1v) is 7.44. The molecule has 1 saturated heterocycles. The summed E-state index contributed by atoms with van der Waals surface area (Å²) in [7, 11) is -3.13. The molecule has 1 amide bonds. The molecule has 6 heteroatoms. The van der Waals surface area contributed by atoms with E-state index in [0.29, 0.717) is 19.0 Å². The van der Waals surface area contributed by atoms with Crippen LogP contribution in [-0.2, 0) is 14.8 Å². The van der Waals surface area contributed by atoms with Gasteiger partial charge in [-0.1, -0.05) is 0 Å². The first-order valence-electron chi connectivity index (χ1n) is 5.78.